The first kappa shape index (κ1) is 12.6. The van der Waals surface area contributed by atoms with Gasteiger partial charge in [0.1, 0.15) is 0 Å². The zero-order valence-electron chi connectivity index (χ0n) is 7.86. The second-order valence-corrected chi connectivity index (χ2v) is 2.82. The standard InChI is InChI=1S/C10H10BF3/c1-5-11(4)9(3)7-6-8(2)10(12,13)14/h1,6-7H,2-3H2,4H3. The molecule has 0 amide bonds. The first-order valence-electron chi connectivity index (χ1n) is 3.88. The molecule has 0 bridgehead atoms. The zero-order chi connectivity index (χ0) is 11.4. The van der Waals surface area contributed by atoms with Gasteiger partial charge in [-0.3, -0.25) is 0 Å². The van der Waals surface area contributed by atoms with Crippen LogP contribution in [0.25, 0.3) is 0 Å². The molecule has 74 valence electrons. The van der Waals surface area contributed by atoms with Crippen LogP contribution in [-0.4, -0.2) is 12.9 Å². The summed E-state index contributed by atoms with van der Waals surface area (Å²) in [7, 11) is 0. The average Bonchev–Trinajstić information content (AvgIpc) is 2.10. The Bertz CT molecular complexity index is 304. The maximum absolute atomic E-state index is 12.0. The van der Waals surface area contributed by atoms with Crippen molar-refractivity contribution < 1.29 is 13.2 Å². The second kappa shape index (κ2) is 4.76. The molecule has 0 aliphatic rings. The fraction of sp³-hybridized carbons (Fsp3) is 0.200. The lowest BCUT2D eigenvalue weighted by Gasteiger charge is -2.05. The van der Waals surface area contributed by atoms with Gasteiger partial charge in [0.2, 0.25) is 0 Å². The van der Waals surface area contributed by atoms with Crippen LogP contribution in [0.3, 0.4) is 0 Å². The van der Waals surface area contributed by atoms with E-state index in [4.69, 9.17) is 6.42 Å². The minimum atomic E-state index is -4.39. The minimum Gasteiger partial charge on any atom is -0.166 e. The molecule has 0 spiro atoms. The third-order valence-electron chi connectivity index (χ3n) is 1.67. The number of hydrogen-bond donors (Lipinski definition) is 0. The van der Waals surface area contributed by atoms with Crippen molar-refractivity contribution in [1.29, 1.82) is 0 Å². The van der Waals surface area contributed by atoms with E-state index in [1.54, 1.807) is 6.82 Å². The van der Waals surface area contributed by atoms with E-state index < -0.39 is 11.7 Å². The van der Waals surface area contributed by atoms with Gasteiger partial charge >= 0.3 is 6.18 Å². The number of terminal acetylenes is 1. The molecule has 0 saturated carbocycles. The van der Waals surface area contributed by atoms with E-state index in [0.29, 0.717) is 5.47 Å². The van der Waals surface area contributed by atoms with Crippen LogP contribution in [0.15, 0.2) is 36.4 Å². The summed E-state index contributed by atoms with van der Waals surface area (Å²) in [6.07, 6.45) is 2.79. The highest BCUT2D eigenvalue weighted by molar-refractivity contribution is 6.73. The summed E-state index contributed by atoms with van der Waals surface area (Å²) in [5.74, 6) is 2.37. The maximum atomic E-state index is 12.0. The van der Waals surface area contributed by atoms with E-state index >= 15 is 0 Å². The van der Waals surface area contributed by atoms with Gasteiger partial charge in [0.25, 0.3) is 6.71 Å². The number of halogens is 3. The quantitative estimate of drug-likeness (QED) is 0.371. The van der Waals surface area contributed by atoms with Gasteiger partial charge in [-0.05, 0) is 0 Å². The van der Waals surface area contributed by atoms with Crippen LogP contribution >= 0.6 is 0 Å². The Morgan fingerprint density at radius 2 is 1.86 bits per heavy atom. The maximum Gasteiger partial charge on any atom is 0.415 e. The fourth-order valence-electron chi connectivity index (χ4n) is 0.553. The van der Waals surface area contributed by atoms with Gasteiger partial charge < -0.3 is 0 Å². The highest BCUT2D eigenvalue weighted by Crippen LogP contribution is 2.25. The molecule has 4 heteroatoms. The van der Waals surface area contributed by atoms with Crippen molar-refractivity contribution in [3.63, 3.8) is 0 Å². The Morgan fingerprint density at radius 1 is 1.36 bits per heavy atom. The van der Waals surface area contributed by atoms with Gasteiger partial charge in [-0.15, -0.1) is 13.0 Å². The highest BCUT2D eigenvalue weighted by Gasteiger charge is 2.29. The fourth-order valence-corrected chi connectivity index (χ4v) is 0.553. The first-order valence-corrected chi connectivity index (χ1v) is 3.88. The lowest BCUT2D eigenvalue weighted by Crippen LogP contribution is -2.09. The van der Waals surface area contributed by atoms with E-state index in [-0.39, 0.29) is 6.71 Å². The first-order chi connectivity index (χ1) is 6.29. The molecule has 0 unspecified atom stereocenters. The van der Waals surface area contributed by atoms with Gasteiger partial charge in [0.15, 0.2) is 0 Å². The summed E-state index contributed by atoms with van der Waals surface area (Å²) in [6, 6.07) is 0. The number of rotatable bonds is 3. The third-order valence-corrected chi connectivity index (χ3v) is 1.67. The Labute approximate surface area is 82.3 Å². The van der Waals surface area contributed by atoms with Crippen molar-refractivity contribution in [3.8, 4) is 12.2 Å². The SMILES string of the molecule is C#CB(C)C(=C)C=CC(=C)C(F)(F)F. The van der Waals surface area contributed by atoms with Gasteiger partial charge in [-0.25, -0.2) is 0 Å². The Balaban J connectivity index is 4.42. The zero-order valence-corrected chi connectivity index (χ0v) is 7.86. The molecular weight excluding hydrogens is 188 g/mol. The van der Waals surface area contributed by atoms with Gasteiger partial charge in [-0.2, -0.15) is 19.0 Å². The molecule has 0 aromatic heterocycles. The molecule has 0 N–H and O–H groups in total. The monoisotopic (exact) mass is 198 g/mol. The predicted molar refractivity (Wildman–Crippen MR) is 53.9 cm³/mol. The van der Waals surface area contributed by atoms with Crippen LogP contribution in [0.2, 0.25) is 6.82 Å². The van der Waals surface area contributed by atoms with E-state index in [0.717, 1.165) is 6.08 Å². The average molecular weight is 198 g/mol. The van der Waals surface area contributed by atoms with Crippen molar-refractivity contribution in [2.24, 2.45) is 0 Å². The Hall–Kier alpha value is -1.37. The predicted octanol–water partition coefficient (Wildman–Crippen LogP) is 3.05. The van der Waals surface area contributed by atoms with Crippen LogP contribution in [0.5, 0.6) is 0 Å². The largest absolute Gasteiger partial charge is 0.415 e. The summed E-state index contributed by atoms with van der Waals surface area (Å²) in [5, 5.41) is 0. The smallest absolute Gasteiger partial charge is 0.166 e. The van der Waals surface area contributed by atoms with Crippen LogP contribution in [0.1, 0.15) is 0 Å². The van der Waals surface area contributed by atoms with Crippen LogP contribution in [0.4, 0.5) is 13.2 Å². The molecule has 0 radical (unpaired) electrons. The van der Waals surface area contributed by atoms with Gasteiger partial charge in [0, 0.05) is 5.57 Å². The summed E-state index contributed by atoms with van der Waals surface area (Å²) in [4.78, 5) is 0. The molecule has 0 aliphatic heterocycles. The molecule has 0 saturated heterocycles. The number of hydrogen-bond acceptors (Lipinski definition) is 0. The molecule has 0 fully saturated rings. The molecule has 0 aromatic carbocycles. The topological polar surface area (TPSA) is 0 Å². The van der Waals surface area contributed by atoms with Crippen LogP contribution in [-0.2, 0) is 0 Å². The minimum absolute atomic E-state index is 0.271. The van der Waals surface area contributed by atoms with E-state index in [1.165, 1.54) is 6.08 Å². The van der Waals surface area contributed by atoms with Crippen LogP contribution < -0.4 is 0 Å². The summed E-state index contributed by atoms with van der Waals surface area (Å²) in [5.41, 5.74) is -0.458. The lowest BCUT2D eigenvalue weighted by atomic mass is 9.48. The summed E-state index contributed by atoms with van der Waals surface area (Å²) < 4.78 is 35.9. The van der Waals surface area contributed by atoms with Crippen molar-refractivity contribution in [2.45, 2.75) is 13.0 Å². The Morgan fingerprint density at radius 3 is 2.21 bits per heavy atom. The molecule has 0 aromatic rings. The summed E-state index contributed by atoms with van der Waals surface area (Å²) in [6.45, 7) is 7.83. The Kier molecular flexibility index (Phi) is 4.29. The molecule has 0 aliphatic carbocycles. The second-order valence-electron chi connectivity index (χ2n) is 2.82. The van der Waals surface area contributed by atoms with Crippen molar-refractivity contribution in [1.82, 2.24) is 0 Å². The molecule has 0 heterocycles. The molecule has 0 rings (SSSR count). The molecular formula is C10H10BF3. The molecule has 0 nitrogen and oxygen atoms in total. The van der Waals surface area contributed by atoms with Crippen molar-refractivity contribution in [2.75, 3.05) is 0 Å². The normalized spacial score (nSPS) is 11.1. The van der Waals surface area contributed by atoms with Crippen LogP contribution in [0, 0.1) is 12.2 Å². The van der Waals surface area contributed by atoms with Crippen molar-refractivity contribution in [3.05, 3.63) is 36.4 Å². The van der Waals surface area contributed by atoms with E-state index in [9.17, 15) is 13.2 Å². The van der Waals surface area contributed by atoms with E-state index in [1.807, 2.05) is 0 Å². The molecule has 0 atom stereocenters. The van der Waals surface area contributed by atoms with E-state index in [2.05, 4.69) is 19.0 Å². The third kappa shape index (κ3) is 4.04. The number of alkyl halides is 3. The number of allylic oxidation sites excluding steroid dienone is 4. The van der Waals surface area contributed by atoms with Gasteiger partial charge in [-0.1, -0.05) is 31.0 Å². The summed E-state index contributed by atoms with van der Waals surface area (Å²) >= 11 is 0. The van der Waals surface area contributed by atoms with Crippen molar-refractivity contribution >= 4 is 6.71 Å². The lowest BCUT2D eigenvalue weighted by molar-refractivity contribution is -0.0878. The van der Waals surface area contributed by atoms with Gasteiger partial charge in [0.05, 0.1) is 0 Å². The molecule has 14 heavy (non-hydrogen) atoms. The highest BCUT2D eigenvalue weighted by atomic mass is 19.4.